The number of nitrogens with one attached hydrogen (secondary N) is 2. The highest BCUT2D eigenvalue weighted by Crippen LogP contribution is 2.28. The Bertz CT molecular complexity index is 603. The lowest BCUT2D eigenvalue weighted by Crippen LogP contribution is -2.64. The molecule has 1 aliphatic heterocycles. The van der Waals surface area contributed by atoms with Crippen molar-refractivity contribution in [3.05, 3.63) is 24.7 Å². The highest BCUT2D eigenvalue weighted by atomic mass is 16.2. The SMILES string of the molecule is CC1(C)CNC1C(=O)Nc1ccc2nncn2c1. The fourth-order valence-electron chi connectivity index (χ4n) is 2.18. The monoisotopic (exact) mass is 245 g/mol. The van der Waals surface area contributed by atoms with Crippen LogP contribution in [0.2, 0.25) is 0 Å². The second-order valence-electron chi connectivity index (χ2n) is 5.31. The van der Waals surface area contributed by atoms with E-state index in [0.717, 1.165) is 17.9 Å². The number of pyridine rings is 1. The number of hydrogen-bond acceptors (Lipinski definition) is 4. The molecule has 0 aliphatic carbocycles. The highest BCUT2D eigenvalue weighted by molar-refractivity contribution is 5.96. The van der Waals surface area contributed by atoms with Gasteiger partial charge < -0.3 is 10.6 Å². The summed E-state index contributed by atoms with van der Waals surface area (Å²) < 4.78 is 1.77. The quantitative estimate of drug-likeness (QED) is 0.815. The zero-order valence-electron chi connectivity index (χ0n) is 10.3. The van der Waals surface area contributed by atoms with Crippen LogP contribution in [-0.2, 0) is 4.79 Å². The Kier molecular flexibility index (Phi) is 2.34. The van der Waals surface area contributed by atoms with Gasteiger partial charge in [0.1, 0.15) is 6.33 Å². The molecule has 3 rings (SSSR count). The second kappa shape index (κ2) is 3.78. The van der Waals surface area contributed by atoms with Crippen molar-refractivity contribution in [1.82, 2.24) is 19.9 Å². The molecule has 3 heterocycles. The first kappa shape index (κ1) is 11.2. The van der Waals surface area contributed by atoms with Crippen LogP contribution < -0.4 is 10.6 Å². The van der Waals surface area contributed by atoms with Gasteiger partial charge in [-0.05, 0) is 12.1 Å². The van der Waals surface area contributed by atoms with Gasteiger partial charge in [-0.3, -0.25) is 9.20 Å². The van der Waals surface area contributed by atoms with Gasteiger partial charge >= 0.3 is 0 Å². The van der Waals surface area contributed by atoms with Crippen molar-refractivity contribution in [2.75, 3.05) is 11.9 Å². The molecule has 18 heavy (non-hydrogen) atoms. The molecule has 1 atom stereocenters. The predicted molar refractivity (Wildman–Crippen MR) is 67.2 cm³/mol. The first-order valence-electron chi connectivity index (χ1n) is 5.90. The van der Waals surface area contributed by atoms with Gasteiger partial charge in [-0.25, -0.2) is 0 Å². The number of fused-ring (bicyclic) bond motifs is 1. The van der Waals surface area contributed by atoms with Crippen molar-refractivity contribution in [3.63, 3.8) is 0 Å². The van der Waals surface area contributed by atoms with Crippen molar-refractivity contribution in [2.24, 2.45) is 5.41 Å². The third kappa shape index (κ3) is 1.74. The summed E-state index contributed by atoms with van der Waals surface area (Å²) in [5.74, 6) is -0.00123. The van der Waals surface area contributed by atoms with Crippen LogP contribution >= 0.6 is 0 Å². The van der Waals surface area contributed by atoms with E-state index in [4.69, 9.17) is 0 Å². The summed E-state index contributed by atoms with van der Waals surface area (Å²) in [5.41, 5.74) is 1.52. The van der Waals surface area contributed by atoms with E-state index in [1.54, 1.807) is 16.9 Å². The molecule has 0 bridgehead atoms. The molecular formula is C12H15N5O. The van der Waals surface area contributed by atoms with E-state index >= 15 is 0 Å². The first-order chi connectivity index (χ1) is 8.56. The topological polar surface area (TPSA) is 71.3 Å². The Balaban J connectivity index is 1.77. The summed E-state index contributed by atoms with van der Waals surface area (Å²) in [6.45, 7) is 5.03. The van der Waals surface area contributed by atoms with Gasteiger partial charge in [0.05, 0.1) is 11.7 Å². The number of rotatable bonds is 2. The summed E-state index contributed by atoms with van der Waals surface area (Å²) >= 11 is 0. The molecule has 1 unspecified atom stereocenters. The Hall–Kier alpha value is -1.95. The number of anilines is 1. The molecule has 1 amide bonds. The number of amides is 1. The smallest absolute Gasteiger partial charge is 0.242 e. The fourth-order valence-corrected chi connectivity index (χ4v) is 2.18. The normalized spacial score (nSPS) is 21.6. The lowest BCUT2D eigenvalue weighted by atomic mass is 9.77. The third-order valence-corrected chi connectivity index (χ3v) is 3.36. The molecular weight excluding hydrogens is 230 g/mol. The van der Waals surface area contributed by atoms with Crippen LogP contribution in [0.25, 0.3) is 5.65 Å². The van der Waals surface area contributed by atoms with Gasteiger partial charge in [0.25, 0.3) is 0 Å². The largest absolute Gasteiger partial charge is 0.323 e. The summed E-state index contributed by atoms with van der Waals surface area (Å²) in [5, 5.41) is 13.8. The van der Waals surface area contributed by atoms with Crippen LogP contribution in [0.3, 0.4) is 0 Å². The van der Waals surface area contributed by atoms with E-state index in [9.17, 15) is 4.79 Å². The number of carbonyl (C=O) groups excluding carboxylic acids is 1. The Morgan fingerprint density at radius 2 is 2.39 bits per heavy atom. The predicted octanol–water partition coefficient (Wildman–Crippen LogP) is 0.666. The summed E-state index contributed by atoms with van der Waals surface area (Å²) in [6, 6.07) is 3.52. The van der Waals surface area contributed by atoms with E-state index in [1.165, 1.54) is 0 Å². The lowest BCUT2D eigenvalue weighted by molar-refractivity contribution is -0.124. The maximum Gasteiger partial charge on any atom is 0.242 e. The van der Waals surface area contributed by atoms with Crippen molar-refractivity contribution >= 4 is 17.2 Å². The van der Waals surface area contributed by atoms with Crippen molar-refractivity contribution < 1.29 is 4.79 Å². The maximum absolute atomic E-state index is 12.1. The Labute approximate surface area is 104 Å². The molecule has 1 aliphatic rings. The minimum absolute atomic E-state index is 0.00123. The molecule has 0 saturated carbocycles. The molecule has 6 nitrogen and oxygen atoms in total. The van der Waals surface area contributed by atoms with Crippen LogP contribution in [0.4, 0.5) is 5.69 Å². The standard InChI is InChI=1S/C12H15N5O/c1-12(2)6-13-10(12)11(18)15-8-3-4-9-16-14-7-17(9)5-8/h3-5,7,10,13H,6H2,1-2H3,(H,15,18). The van der Waals surface area contributed by atoms with Gasteiger partial charge in [-0.15, -0.1) is 10.2 Å². The van der Waals surface area contributed by atoms with Crippen LogP contribution in [0.5, 0.6) is 0 Å². The summed E-state index contributed by atoms with van der Waals surface area (Å²) in [7, 11) is 0. The van der Waals surface area contributed by atoms with Gasteiger partial charge in [0.2, 0.25) is 5.91 Å². The average molecular weight is 245 g/mol. The number of nitrogens with zero attached hydrogens (tertiary/aromatic N) is 3. The van der Waals surface area contributed by atoms with E-state index < -0.39 is 0 Å². The molecule has 1 fully saturated rings. The average Bonchev–Trinajstić information content (AvgIpc) is 2.74. The molecule has 0 aromatic carbocycles. The third-order valence-electron chi connectivity index (χ3n) is 3.36. The Morgan fingerprint density at radius 3 is 3.06 bits per heavy atom. The van der Waals surface area contributed by atoms with Gasteiger partial charge in [-0.1, -0.05) is 13.8 Å². The number of aromatic nitrogens is 3. The van der Waals surface area contributed by atoms with Gasteiger partial charge in [0, 0.05) is 18.2 Å². The van der Waals surface area contributed by atoms with Crippen molar-refractivity contribution in [1.29, 1.82) is 0 Å². The zero-order chi connectivity index (χ0) is 12.8. The molecule has 94 valence electrons. The maximum atomic E-state index is 12.1. The second-order valence-corrected chi connectivity index (χ2v) is 5.31. The Morgan fingerprint density at radius 1 is 1.56 bits per heavy atom. The van der Waals surface area contributed by atoms with E-state index in [1.807, 2.05) is 12.1 Å². The minimum Gasteiger partial charge on any atom is -0.323 e. The van der Waals surface area contributed by atoms with E-state index in [2.05, 4.69) is 34.7 Å². The van der Waals surface area contributed by atoms with E-state index in [-0.39, 0.29) is 17.4 Å². The summed E-state index contributed by atoms with van der Waals surface area (Å²) in [6.07, 6.45) is 3.41. The molecule has 0 radical (unpaired) electrons. The minimum atomic E-state index is -0.130. The van der Waals surface area contributed by atoms with E-state index in [0.29, 0.717) is 0 Å². The van der Waals surface area contributed by atoms with Crippen LogP contribution in [0, 0.1) is 5.41 Å². The lowest BCUT2D eigenvalue weighted by Gasteiger charge is -2.44. The van der Waals surface area contributed by atoms with Gasteiger partial charge in [-0.2, -0.15) is 0 Å². The molecule has 0 spiro atoms. The van der Waals surface area contributed by atoms with Gasteiger partial charge in [0.15, 0.2) is 5.65 Å². The molecule has 2 aromatic heterocycles. The number of hydrogen-bond donors (Lipinski definition) is 2. The fraction of sp³-hybridized carbons (Fsp3) is 0.417. The first-order valence-corrected chi connectivity index (χ1v) is 5.90. The molecule has 6 heteroatoms. The van der Waals surface area contributed by atoms with Crippen LogP contribution in [-0.4, -0.2) is 33.1 Å². The molecule has 2 aromatic rings. The molecule has 1 saturated heterocycles. The van der Waals surface area contributed by atoms with Crippen LogP contribution in [0.1, 0.15) is 13.8 Å². The zero-order valence-corrected chi connectivity index (χ0v) is 10.3. The number of carbonyl (C=O) groups is 1. The van der Waals surface area contributed by atoms with Crippen molar-refractivity contribution in [2.45, 2.75) is 19.9 Å². The van der Waals surface area contributed by atoms with Crippen molar-refractivity contribution in [3.8, 4) is 0 Å². The highest BCUT2D eigenvalue weighted by Gasteiger charge is 2.42. The summed E-state index contributed by atoms with van der Waals surface area (Å²) in [4.78, 5) is 12.1. The molecule has 2 N–H and O–H groups in total. The van der Waals surface area contributed by atoms with Crippen LogP contribution in [0.15, 0.2) is 24.7 Å².